The molecule has 0 bridgehead atoms. The molecule has 3 heteroatoms. The van der Waals surface area contributed by atoms with Gasteiger partial charge in [0, 0.05) is 14.0 Å². The van der Waals surface area contributed by atoms with Crippen LogP contribution in [-0.2, 0) is 4.79 Å². The summed E-state index contributed by atoms with van der Waals surface area (Å²) in [6.45, 7) is 5.44. The summed E-state index contributed by atoms with van der Waals surface area (Å²) in [7, 11) is 0. The van der Waals surface area contributed by atoms with Crippen LogP contribution in [0.1, 0.15) is 22.2 Å². The van der Waals surface area contributed by atoms with Crippen molar-refractivity contribution in [2.24, 2.45) is 0 Å². The normalized spacial score (nSPS) is 8.23. The summed E-state index contributed by atoms with van der Waals surface area (Å²) in [5.74, 6) is 0.0785. The van der Waals surface area contributed by atoms with Gasteiger partial charge in [0.1, 0.15) is 5.75 Å². The van der Waals surface area contributed by atoms with E-state index in [0.717, 1.165) is 0 Å². The predicted octanol–water partition coefficient (Wildman–Crippen LogP) is 2.62. The SMILES string of the molecule is CC.CC(=O)Nc1ccc(O)cc1.[HH]. The first-order valence-electron chi connectivity index (χ1n) is 4.25. The highest BCUT2D eigenvalue weighted by Gasteiger charge is 1.93. The largest absolute Gasteiger partial charge is 0.508 e. The van der Waals surface area contributed by atoms with Crippen LogP contribution in [0.2, 0.25) is 0 Å². The Labute approximate surface area is 79.9 Å². The van der Waals surface area contributed by atoms with Crippen molar-refractivity contribution < 1.29 is 11.3 Å². The van der Waals surface area contributed by atoms with Crippen LogP contribution in [0.4, 0.5) is 5.69 Å². The van der Waals surface area contributed by atoms with Gasteiger partial charge in [0.2, 0.25) is 5.91 Å². The van der Waals surface area contributed by atoms with Crippen molar-refractivity contribution in [2.75, 3.05) is 5.32 Å². The monoisotopic (exact) mass is 183 g/mol. The van der Waals surface area contributed by atoms with Crippen LogP contribution < -0.4 is 5.32 Å². The Bertz CT molecular complexity index is 259. The molecule has 0 aliphatic heterocycles. The number of rotatable bonds is 1. The molecule has 0 aliphatic rings. The van der Waals surface area contributed by atoms with Gasteiger partial charge in [-0.1, -0.05) is 13.8 Å². The van der Waals surface area contributed by atoms with Gasteiger partial charge in [-0.15, -0.1) is 0 Å². The number of anilines is 1. The Kier molecular flexibility index (Phi) is 5.35. The number of phenolic OH excluding ortho intramolecular Hbond substituents is 1. The average molecular weight is 183 g/mol. The van der Waals surface area contributed by atoms with Crippen LogP contribution in [0.5, 0.6) is 5.75 Å². The van der Waals surface area contributed by atoms with Gasteiger partial charge >= 0.3 is 0 Å². The Morgan fingerprint density at radius 1 is 1.31 bits per heavy atom. The van der Waals surface area contributed by atoms with Crippen LogP contribution in [0, 0.1) is 0 Å². The molecule has 0 heterocycles. The Balaban J connectivity index is 0. The molecule has 13 heavy (non-hydrogen) atoms. The first-order chi connectivity index (χ1) is 6.18. The molecule has 0 saturated carbocycles. The number of amides is 1. The zero-order valence-electron chi connectivity index (χ0n) is 8.16. The van der Waals surface area contributed by atoms with E-state index in [1.165, 1.54) is 19.1 Å². The molecule has 0 spiro atoms. The summed E-state index contributed by atoms with van der Waals surface area (Å²) in [5.41, 5.74) is 0.690. The van der Waals surface area contributed by atoms with Gasteiger partial charge in [0.25, 0.3) is 0 Å². The van der Waals surface area contributed by atoms with E-state index >= 15 is 0 Å². The minimum atomic E-state index is -0.115. The fourth-order valence-electron chi connectivity index (χ4n) is 0.748. The molecule has 0 atom stereocenters. The number of carbonyl (C=O) groups excluding carboxylic acids is 1. The van der Waals surface area contributed by atoms with Gasteiger partial charge in [0.15, 0.2) is 0 Å². The molecule has 1 aromatic carbocycles. The fourth-order valence-corrected chi connectivity index (χ4v) is 0.748. The molecule has 0 aromatic heterocycles. The highest BCUT2D eigenvalue weighted by molar-refractivity contribution is 5.88. The lowest BCUT2D eigenvalue weighted by Gasteiger charge is -1.99. The molecule has 0 fully saturated rings. The lowest BCUT2D eigenvalue weighted by Crippen LogP contribution is -2.04. The molecule has 3 nitrogen and oxygen atoms in total. The quantitative estimate of drug-likeness (QED) is 0.657. The number of hydrogen-bond donors (Lipinski definition) is 2. The molecule has 0 unspecified atom stereocenters. The molecule has 1 rings (SSSR count). The number of aromatic hydroxyl groups is 1. The minimum absolute atomic E-state index is 0. The van der Waals surface area contributed by atoms with Crippen molar-refractivity contribution in [2.45, 2.75) is 20.8 Å². The summed E-state index contributed by atoms with van der Waals surface area (Å²) in [6.07, 6.45) is 0. The molecule has 0 radical (unpaired) electrons. The van der Waals surface area contributed by atoms with Crippen molar-refractivity contribution in [1.82, 2.24) is 0 Å². The summed E-state index contributed by atoms with van der Waals surface area (Å²) >= 11 is 0. The molecule has 74 valence electrons. The molecule has 1 aromatic rings. The zero-order valence-corrected chi connectivity index (χ0v) is 8.16. The van der Waals surface area contributed by atoms with E-state index in [1.807, 2.05) is 13.8 Å². The second-order valence-electron chi connectivity index (χ2n) is 2.23. The molecule has 1 amide bonds. The van der Waals surface area contributed by atoms with Crippen molar-refractivity contribution in [3.05, 3.63) is 24.3 Å². The molecular formula is C10H17NO2. The third kappa shape index (κ3) is 4.85. The second kappa shape index (κ2) is 6.06. The van der Waals surface area contributed by atoms with E-state index in [2.05, 4.69) is 5.32 Å². The van der Waals surface area contributed by atoms with E-state index in [0.29, 0.717) is 5.69 Å². The van der Waals surface area contributed by atoms with Crippen molar-refractivity contribution in [3.8, 4) is 5.75 Å². The van der Waals surface area contributed by atoms with Crippen LogP contribution in [0.15, 0.2) is 24.3 Å². The van der Waals surface area contributed by atoms with E-state index in [9.17, 15) is 4.79 Å². The van der Waals surface area contributed by atoms with Crippen LogP contribution in [0.3, 0.4) is 0 Å². The van der Waals surface area contributed by atoms with E-state index in [-0.39, 0.29) is 13.1 Å². The predicted molar refractivity (Wildman–Crippen MR) is 55.9 cm³/mol. The maximum atomic E-state index is 10.5. The number of carbonyl (C=O) groups is 1. The van der Waals surface area contributed by atoms with E-state index in [4.69, 9.17) is 5.11 Å². The van der Waals surface area contributed by atoms with Crippen LogP contribution >= 0.6 is 0 Å². The van der Waals surface area contributed by atoms with Gasteiger partial charge < -0.3 is 10.4 Å². The van der Waals surface area contributed by atoms with E-state index < -0.39 is 0 Å². The third-order valence-electron chi connectivity index (χ3n) is 1.19. The average Bonchev–Trinajstić information content (AvgIpc) is 2.12. The number of hydrogen-bond acceptors (Lipinski definition) is 2. The lowest BCUT2D eigenvalue weighted by atomic mass is 10.3. The van der Waals surface area contributed by atoms with Gasteiger partial charge in [-0.25, -0.2) is 0 Å². The van der Waals surface area contributed by atoms with Crippen molar-refractivity contribution in [1.29, 1.82) is 0 Å². The zero-order chi connectivity index (χ0) is 10.3. The Morgan fingerprint density at radius 2 is 1.77 bits per heavy atom. The summed E-state index contributed by atoms with van der Waals surface area (Å²) in [6, 6.07) is 6.31. The highest BCUT2D eigenvalue weighted by Crippen LogP contribution is 2.13. The summed E-state index contributed by atoms with van der Waals surface area (Å²) < 4.78 is 0. The van der Waals surface area contributed by atoms with Crippen molar-refractivity contribution in [3.63, 3.8) is 0 Å². The first kappa shape index (κ1) is 11.5. The van der Waals surface area contributed by atoms with Gasteiger partial charge in [-0.3, -0.25) is 4.79 Å². The lowest BCUT2D eigenvalue weighted by molar-refractivity contribution is -0.114. The van der Waals surface area contributed by atoms with Crippen molar-refractivity contribution >= 4 is 11.6 Å². The molecular weight excluding hydrogens is 166 g/mol. The van der Waals surface area contributed by atoms with Gasteiger partial charge in [-0.2, -0.15) is 0 Å². The number of nitrogens with one attached hydrogen (secondary N) is 1. The van der Waals surface area contributed by atoms with Crippen LogP contribution in [-0.4, -0.2) is 11.0 Å². The maximum absolute atomic E-state index is 10.5. The molecule has 2 N–H and O–H groups in total. The topological polar surface area (TPSA) is 49.3 Å². The Hall–Kier alpha value is -1.51. The maximum Gasteiger partial charge on any atom is 0.221 e. The number of phenols is 1. The Morgan fingerprint density at radius 3 is 2.15 bits per heavy atom. The minimum Gasteiger partial charge on any atom is -0.508 e. The second-order valence-corrected chi connectivity index (χ2v) is 2.23. The molecule has 0 saturated heterocycles. The molecule has 0 aliphatic carbocycles. The number of benzene rings is 1. The summed E-state index contributed by atoms with van der Waals surface area (Å²) in [5, 5.41) is 11.5. The fraction of sp³-hybridized carbons (Fsp3) is 0.300. The van der Waals surface area contributed by atoms with Gasteiger partial charge in [0.05, 0.1) is 0 Å². The van der Waals surface area contributed by atoms with E-state index in [1.54, 1.807) is 12.1 Å². The standard InChI is InChI=1S/C8H9NO2.C2H6.H2/c1-6(10)9-7-2-4-8(11)5-3-7;1-2;/h2-5,11H,1H3,(H,9,10);1-2H3;1H. The first-order valence-corrected chi connectivity index (χ1v) is 4.25. The summed E-state index contributed by atoms with van der Waals surface area (Å²) in [4.78, 5) is 10.5. The van der Waals surface area contributed by atoms with Gasteiger partial charge in [-0.05, 0) is 24.3 Å². The van der Waals surface area contributed by atoms with Crippen LogP contribution in [0.25, 0.3) is 0 Å². The highest BCUT2D eigenvalue weighted by atomic mass is 16.3. The third-order valence-corrected chi connectivity index (χ3v) is 1.19. The smallest absolute Gasteiger partial charge is 0.221 e.